The van der Waals surface area contributed by atoms with Gasteiger partial charge in [-0.1, -0.05) is 30.3 Å². The zero-order valence-corrected chi connectivity index (χ0v) is 25.7. The van der Waals surface area contributed by atoms with Crippen LogP contribution in [0.4, 0.5) is 4.79 Å². The van der Waals surface area contributed by atoms with E-state index in [4.69, 9.17) is 4.74 Å². The third-order valence-electron chi connectivity index (χ3n) is 7.86. The van der Waals surface area contributed by atoms with Gasteiger partial charge in [0.05, 0.1) is 6.54 Å². The van der Waals surface area contributed by atoms with Crippen molar-refractivity contribution in [3.8, 4) is 0 Å². The lowest BCUT2D eigenvalue weighted by atomic mass is 9.84. The van der Waals surface area contributed by atoms with E-state index in [9.17, 15) is 24.3 Å². The number of carboxylic acids is 1. The molecule has 0 aliphatic carbocycles. The number of rotatable bonds is 15. The normalized spacial score (nSPS) is 16.3. The Hall–Kier alpha value is -2.60. The summed E-state index contributed by atoms with van der Waals surface area (Å²) in [6.45, 7) is 3.50. The fraction of sp³-hybridized carbons (Fsp3) is 0.655. The zero-order chi connectivity index (χ0) is 28.6. The van der Waals surface area contributed by atoms with Crippen LogP contribution in [0.3, 0.4) is 0 Å². The number of hydrogen-bond donors (Lipinski definition) is 6. The van der Waals surface area contributed by atoms with E-state index >= 15 is 0 Å². The Balaban J connectivity index is 0.00000441. The molecule has 0 aromatic heterocycles. The predicted octanol–water partition coefficient (Wildman–Crippen LogP) is 2.62. The molecule has 238 valence electrons. The van der Waals surface area contributed by atoms with E-state index in [-0.39, 0.29) is 56.3 Å². The van der Waals surface area contributed by atoms with Gasteiger partial charge in [0.15, 0.2) is 0 Å². The maximum absolute atomic E-state index is 13.1. The van der Waals surface area contributed by atoms with Crippen molar-refractivity contribution in [2.75, 3.05) is 39.3 Å². The van der Waals surface area contributed by atoms with Gasteiger partial charge in [0.1, 0.15) is 12.6 Å². The van der Waals surface area contributed by atoms with E-state index in [0.717, 1.165) is 83.1 Å². The molecule has 2 aliphatic rings. The summed E-state index contributed by atoms with van der Waals surface area (Å²) in [6.07, 6.45) is 7.23. The van der Waals surface area contributed by atoms with E-state index in [0.29, 0.717) is 11.8 Å². The molecule has 13 heteroatoms. The predicted molar refractivity (Wildman–Crippen MR) is 165 cm³/mol. The SMILES string of the molecule is Cl.Cl.O=C(CNC(=O)C(CCC1CCNCC1)CCC1CCNCC1)NC[C@H](NC(=O)OCc1ccccc1)C(=O)O. The second-order valence-corrected chi connectivity index (χ2v) is 10.9. The molecule has 2 aliphatic heterocycles. The van der Waals surface area contributed by atoms with E-state index in [2.05, 4.69) is 26.6 Å². The van der Waals surface area contributed by atoms with Crippen molar-refractivity contribution < 1.29 is 29.0 Å². The molecule has 6 N–H and O–H groups in total. The van der Waals surface area contributed by atoms with Crippen LogP contribution in [0.1, 0.15) is 56.9 Å². The summed E-state index contributed by atoms with van der Waals surface area (Å²) in [5, 5.41) is 23.7. The minimum atomic E-state index is -1.37. The van der Waals surface area contributed by atoms with Gasteiger partial charge >= 0.3 is 12.1 Å². The van der Waals surface area contributed by atoms with Crippen LogP contribution in [0.2, 0.25) is 0 Å². The molecular weight excluding hydrogens is 585 g/mol. The molecule has 11 nitrogen and oxygen atoms in total. The Morgan fingerprint density at radius 3 is 1.93 bits per heavy atom. The van der Waals surface area contributed by atoms with Crippen molar-refractivity contribution in [2.24, 2.45) is 17.8 Å². The molecular formula is C29H47Cl2N5O6. The van der Waals surface area contributed by atoms with Gasteiger partial charge in [-0.05, 0) is 94.9 Å². The van der Waals surface area contributed by atoms with Crippen LogP contribution in [-0.2, 0) is 25.7 Å². The van der Waals surface area contributed by atoms with Crippen molar-refractivity contribution in [3.63, 3.8) is 0 Å². The number of carbonyl (C=O) groups excluding carboxylic acids is 3. The molecule has 0 spiro atoms. The molecule has 2 heterocycles. The number of alkyl carbamates (subject to hydrolysis) is 1. The number of carbonyl (C=O) groups is 4. The molecule has 3 amide bonds. The van der Waals surface area contributed by atoms with Gasteiger partial charge in [-0.15, -0.1) is 24.8 Å². The van der Waals surface area contributed by atoms with Gasteiger partial charge in [0.25, 0.3) is 0 Å². The van der Waals surface area contributed by atoms with Crippen LogP contribution >= 0.6 is 24.8 Å². The van der Waals surface area contributed by atoms with Crippen molar-refractivity contribution in [2.45, 2.75) is 64.0 Å². The number of hydrogen-bond acceptors (Lipinski definition) is 7. The maximum atomic E-state index is 13.1. The van der Waals surface area contributed by atoms with Crippen LogP contribution < -0.4 is 26.6 Å². The molecule has 1 aromatic carbocycles. The van der Waals surface area contributed by atoms with Crippen molar-refractivity contribution in [1.29, 1.82) is 0 Å². The van der Waals surface area contributed by atoms with Gasteiger partial charge < -0.3 is 36.4 Å². The fourth-order valence-corrected chi connectivity index (χ4v) is 5.32. The van der Waals surface area contributed by atoms with E-state index < -0.39 is 24.0 Å². The van der Waals surface area contributed by atoms with Gasteiger partial charge in [-0.25, -0.2) is 9.59 Å². The fourth-order valence-electron chi connectivity index (χ4n) is 5.32. The van der Waals surface area contributed by atoms with E-state index in [1.165, 1.54) is 0 Å². The molecule has 42 heavy (non-hydrogen) atoms. The smallest absolute Gasteiger partial charge is 0.408 e. The first-order valence-corrected chi connectivity index (χ1v) is 14.6. The number of ether oxygens (including phenoxy) is 1. The Morgan fingerprint density at radius 2 is 1.40 bits per heavy atom. The monoisotopic (exact) mass is 631 g/mol. The Bertz CT molecular complexity index is 924. The van der Waals surface area contributed by atoms with Crippen molar-refractivity contribution in [3.05, 3.63) is 35.9 Å². The first-order valence-electron chi connectivity index (χ1n) is 14.6. The maximum Gasteiger partial charge on any atom is 0.408 e. The number of piperidine rings is 2. The number of benzene rings is 1. The van der Waals surface area contributed by atoms with Crippen LogP contribution in [0.5, 0.6) is 0 Å². The summed E-state index contributed by atoms with van der Waals surface area (Å²) in [4.78, 5) is 49.1. The summed E-state index contributed by atoms with van der Waals surface area (Å²) in [7, 11) is 0. The summed E-state index contributed by atoms with van der Waals surface area (Å²) < 4.78 is 5.06. The average Bonchev–Trinajstić information content (AvgIpc) is 2.98. The average molecular weight is 633 g/mol. The highest BCUT2D eigenvalue weighted by atomic mass is 35.5. The number of aliphatic carboxylic acids is 1. The summed E-state index contributed by atoms with van der Waals surface area (Å²) in [5.74, 6) is -0.857. The molecule has 0 unspecified atom stereocenters. The van der Waals surface area contributed by atoms with Gasteiger partial charge in [0, 0.05) is 12.5 Å². The van der Waals surface area contributed by atoms with Gasteiger partial charge in [0.2, 0.25) is 11.8 Å². The van der Waals surface area contributed by atoms with Crippen molar-refractivity contribution >= 4 is 48.7 Å². The second kappa shape index (κ2) is 21.1. The number of amides is 3. The molecule has 0 radical (unpaired) electrons. The zero-order valence-electron chi connectivity index (χ0n) is 24.1. The highest BCUT2D eigenvalue weighted by Gasteiger charge is 2.25. The quantitative estimate of drug-likeness (QED) is 0.172. The minimum Gasteiger partial charge on any atom is -0.480 e. The Labute approximate surface area is 260 Å². The number of halogens is 2. The Morgan fingerprint density at radius 1 is 0.857 bits per heavy atom. The first kappa shape index (κ1) is 37.4. The molecule has 1 atom stereocenters. The van der Waals surface area contributed by atoms with E-state index in [1.807, 2.05) is 6.07 Å². The third kappa shape index (κ3) is 14.5. The first-order chi connectivity index (χ1) is 19.4. The van der Waals surface area contributed by atoms with Crippen LogP contribution in [0, 0.1) is 17.8 Å². The van der Waals surface area contributed by atoms with Crippen LogP contribution in [-0.4, -0.2) is 74.3 Å². The highest BCUT2D eigenvalue weighted by Crippen LogP contribution is 2.26. The number of nitrogens with one attached hydrogen (secondary N) is 5. The van der Waals surface area contributed by atoms with Crippen LogP contribution in [0.15, 0.2) is 30.3 Å². The van der Waals surface area contributed by atoms with Gasteiger partial charge in [-0.2, -0.15) is 0 Å². The lowest BCUT2D eigenvalue weighted by Crippen LogP contribution is -2.50. The standard InChI is InChI=1S/C29H45N5O6.2ClH/c35-26(32-18-25(28(37)38)34-29(39)40-20-23-4-2-1-3-5-23)19-33-27(36)24(8-6-21-10-14-30-15-11-21)9-7-22-12-16-31-17-13-22;;/h1-5,21-22,24-25,30-31H,6-20H2,(H,32,35)(H,33,36)(H,34,39)(H,37,38);2*1H/t25-;;/m0../s1. The summed E-state index contributed by atoms with van der Waals surface area (Å²) in [5.41, 5.74) is 0.762. The van der Waals surface area contributed by atoms with Gasteiger partial charge in [-0.3, -0.25) is 9.59 Å². The highest BCUT2D eigenvalue weighted by molar-refractivity contribution is 5.87. The topological polar surface area (TPSA) is 158 Å². The molecule has 0 saturated carbocycles. The Kier molecular flexibility index (Phi) is 18.8. The molecule has 3 rings (SSSR count). The van der Waals surface area contributed by atoms with E-state index in [1.54, 1.807) is 24.3 Å². The lowest BCUT2D eigenvalue weighted by Gasteiger charge is -2.27. The second-order valence-electron chi connectivity index (χ2n) is 10.9. The lowest BCUT2D eigenvalue weighted by molar-refractivity contribution is -0.139. The molecule has 0 bridgehead atoms. The molecule has 2 fully saturated rings. The summed E-state index contributed by atoms with van der Waals surface area (Å²) in [6, 6.07) is 7.63. The molecule has 2 saturated heterocycles. The summed E-state index contributed by atoms with van der Waals surface area (Å²) >= 11 is 0. The minimum absolute atomic E-state index is 0. The van der Waals surface area contributed by atoms with Crippen molar-refractivity contribution in [1.82, 2.24) is 26.6 Å². The molecule has 1 aromatic rings. The largest absolute Gasteiger partial charge is 0.480 e. The third-order valence-corrected chi connectivity index (χ3v) is 7.86. The number of carboxylic acid groups (broad SMARTS) is 1. The van der Waals surface area contributed by atoms with Crippen LogP contribution in [0.25, 0.3) is 0 Å².